The van der Waals surface area contributed by atoms with Gasteiger partial charge in [0.1, 0.15) is 0 Å². The molecule has 0 fully saturated rings. The summed E-state index contributed by atoms with van der Waals surface area (Å²) < 4.78 is 0. The Labute approximate surface area is 83.3 Å². The third-order valence-corrected chi connectivity index (χ3v) is 1.36. The lowest BCUT2D eigenvalue weighted by Crippen LogP contribution is -2.16. The van der Waals surface area contributed by atoms with Crippen LogP contribution in [0.4, 0.5) is 0 Å². The highest BCUT2D eigenvalue weighted by molar-refractivity contribution is 5.60. The van der Waals surface area contributed by atoms with E-state index in [9.17, 15) is 5.11 Å². The summed E-state index contributed by atoms with van der Waals surface area (Å²) in [4.78, 5) is 8.89. The van der Waals surface area contributed by atoms with E-state index >= 15 is 0 Å². The molecular formula is C11H13O3-. The van der Waals surface area contributed by atoms with Crippen molar-refractivity contribution < 1.29 is 15.0 Å². The first kappa shape index (κ1) is 12.4. The molecule has 0 bridgehead atoms. The SMILES string of the molecule is C=CC(O)c1ccccc1.CC(=O)[O-]. The zero-order valence-corrected chi connectivity index (χ0v) is 8.01. The van der Waals surface area contributed by atoms with Gasteiger partial charge in [-0.05, 0) is 12.5 Å². The fourth-order valence-electron chi connectivity index (χ4n) is 0.786. The molecule has 0 aromatic heterocycles. The van der Waals surface area contributed by atoms with Gasteiger partial charge in [-0.3, -0.25) is 0 Å². The molecule has 0 spiro atoms. The summed E-state index contributed by atoms with van der Waals surface area (Å²) in [5, 5.41) is 18.1. The Morgan fingerprint density at radius 3 is 2.29 bits per heavy atom. The molecule has 1 aromatic rings. The van der Waals surface area contributed by atoms with Crippen LogP contribution in [0.5, 0.6) is 0 Å². The minimum atomic E-state index is -1.08. The standard InChI is InChI=1S/C9H10O.C2H4O2/c1-2-9(10)8-6-4-3-5-7-8;1-2(3)4/h2-7,9-10H,1H2;1H3,(H,3,4)/p-1. The molecule has 3 nitrogen and oxygen atoms in total. The van der Waals surface area contributed by atoms with Crippen LogP contribution < -0.4 is 5.11 Å². The van der Waals surface area contributed by atoms with Crippen LogP contribution in [0.15, 0.2) is 43.0 Å². The molecule has 14 heavy (non-hydrogen) atoms. The van der Waals surface area contributed by atoms with E-state index in [-0.39, 0.29) is 0 Å². The Hall–Kier alpha value is -1.61. The van der Waals surface area contributed by atoms with Gasteiger partial charge in [0.05, 0.1) is 6.10 Å². The van der Waals surface area contributed by atoms with Crippen molar-refractivity contribution in [3.05, 3.63) is 48.6 Å². The Morgan fingerprint density at radius 2 is 1.93 bits per heavy atom. The number of hydrogen-bond acceptors (Lipinski definition) is 3. The molecule has 0 amide bonds. The maximum absolute atomic E-state index is 9.21. The molecule has 0 saturated heterocycles. The minimum absolute atomic E-state index is 0.527. The van der Waals surface area contributed by atoms with E-state index in [0.717, 1.165) is 12.5 Å². The molecule has 1 rings (SSSR count). The zero-order chi connectivity index (χ0) is 11.0. The van der Waals surface area contributed by atoms with Crippen LogP contribution in [-0.4, -0.2) is 11.1 Å². The number of hydrogen-bond donors (Lipinski definition) is 1. The van der Waals surface area contributed by atoms with Crippen LogP contribution in [0.3, 0.4) is 0 Å². The van der Waals surface area contributed by atoms with E-state index in [2.05, 4.69) is 6.58 Å². The second kappa shape index (κ2) is 6.86. The second-order valence-electron chi connectivity index (χ2n) is 2.58. The Morgan fingerprint density at radius 1 is 1.50 bits per heavy atom. The Balaban J connectivity index is 0.000000364. The molecule has 3 heteroatoms. The van der Waals surface area contributed by atoms with Crippen molar-refractivity contribution in [1.29, 1.82) is 0 Å². The topological polar surface area (TPSA) is 60.4 Å². The van der Waals surface area contributed by atoms with E-state index in [1.54, 1.807) is 0 Å². The van der Waals surface area contributed by atoms with Crippen molar-refractivity contribution in [2.45, 2.75) is 13.0 Å². The number of carboxylic acids is 1. The van der Waals surface area contributed by atoms with Crippen molar-refractivity contribution in [1.82, 2.24) is 0 Å². The number of aliphatic hydroxyl groups is 1. The maximum atomic E-state index is 9.21. The molecule has 1 unspecified atom stereocenters. The Bertz CT molecular complexity index is 276. The van der Waals surface area contributed by atoms with Gasteiger partial charge in [-0.2, -0.15) is 0 Å². The summed E-state index contributed by atoms with van der Waals surface area (Å²) in [5.41, 5.74) is 0.887. The van der Waals surface area contributed by atoms with Crippen molar-refractivity contribution in [2.24, 2.45) is 0 Å². The Kier molecular flexibility index (Phi) is 6.07. The molecule has 0 radical (unpaired) electrons. The molecular weight excluding hydrogens is 180 g/mol. The molecule has 76 valence electrons. The van der Waals surface area contributed by atoms with Gasteiger partial charge < -0.3 is 15.0 Å². The van der Waals surface area contributed by atoms with Crippen LogP contribution in [0, 0.1) is 0 Å². The van der Waals surface area contributed by atoms with Gasteiger partial charge in [-0.25, -0.2) is 0 Å². The molecule has 0 heterocycles. The molecule has 0 saturated carbocycles. The first-order valence-corrected chi connectivity index (χ1v) is 4.11. The quantitative estimate of drug-likeness (QED) is 0.702. The normalized spacial score (nSPS) is 10.7. The van der Waals surface area contributed by atoms with Crippen LogP contribution in [0.1, 0.15) is 18.6 Å². The lowest BCUT2D eigenvalue weighted by Gasteiger charge is -2.02. The number of carbonyl (C=O) groups is 1. The zero-order valence-electron chi connectivity index (χ0n) is 8.01. The molecule has 0 aliphatic heterocycles. The first-order chi connectivity index (χ1) is 6.57. The molecule has 0 aliphatic carbocycles. The van der Waals surface area contributed by atoms with Crippen LogP contribution in [0.25, 0.3) is 0 Å². The predicted molar refractivity (Wildman–Crippen MR) is 52.3 cm³/mol. The second-order valence-corrected chi connectivity index (χ2v) is 2.58. The summed E-state index contributed by atoms with van der Waals surface area (Å²) in [6, 6.07) is 9.43. The van der Waals surface area contributed by atoms with E-state index in [1.165, 1.54) is 6.08 Å². The van der Waals surface area contributed by atoms with E-state index in [1.807, 2.05) is 30.3 Å². The number of carbonyl (C=O) groups excluding carboxylic acids is 1. The van der Waals surface area contributed by atoms with Crippen LogP contribution >= 0.6 is 0 Å². The largest absolute Gasteiger partial charge is 0.550 e. The first-order valence-electron chi connectivity index (χ1n) is 4.11. The van der Waals surface area contributed by atoms with Crippen molar-refractivity contribution in [2.75, 3.05) is 0 Å². The summed E-state index contributed by atoms with van der Waals surface area (Å²) in [6.07, 6.45) is 0.983. The van der Waals surface area contributed by atoms with Crippen molar-refractivity contribution in [3.63, 3.8) is 0 Å². The van der Waals surface area contributed by atoms with Gasteiger partial charge in [0.15, 0.2) is 0 Å². The van der Waals surface area contributed by atoms with Crippen molar-refractivity contribution in [3.8, 4) is 0 Å². The van der Waals surface area contributed by atoms with Gasteiger partial charge >= 0.3 is 0 Å². The van der Waals surface area contributed by atoms with Gasteiger partial charge in [0.2, 0.25) is 0 Å². The molecule has 1 atom stereocenters. The summed E-state index contributed by atoms with van der Waals surface area (Å²) in [6.45, 7) is 4.46. The minimum Gasteiger partial charge on any atom is -0.550 e. The third kappa shape index (κ3) is 5.97. The van der Waals surface area contributed by atoms with Crippen LogP contribution in [0.2, 0.25) is 0 Å². The van der Waals surface area contributed by atoms with Crippen molar-refractivity contribution >= 4 is 5.97 Å². The van der Waals surface area contributed by atoms with E-state index < -0.39 is 12.1 Å². The van der Waals surface area contributed by atoms with Gasteiger partial charge in [0, 0.05) is 5.97 Å². The fraction of sp³-hybridized carbons (Fsp3) is 0.182. The summed E-state index contributed by atoms with van der Waals surface area (Å²) in [7, 11) is 0. The highest BCUT2D eigenvalue weighted by Crippen LogP contribution is 2.11. The monoisotopic (exact) mass is 193 g/mol. The third-order valence-electron chi connectivity index (χ3n) is 1.36. The predicted octanol–water partition coefficient (Wildman–Crippen LogP) is 0.662. The van der Waals surface area contributed by atoms with E-state index in [4.69, 9.17) is 9.90 Å². The summed E-state index contributed by atoms with van der Waals surface area (Å²) >= 11 is 0. The molecule has 0 aliphatic rings. The van der Waals surface area contributed by atoms with Gasteiger partial charge in [-0.15, -0.1) is 6.58 Å². The average molecular weight is 193 g/mol. The highest BCUT2D eigenvalue weighted by atomic mass is 16.4. The van der Waals surface area contributed by atoms with Crippen LogP contribution in [-0.2, 0) is 4.79 Å². The van der Waals surface area contributed by atoms with Gasteiger partial charge in [-0.1, -0.05) is 36.4 Å². The van der Waals surface area contributed by atoms with Gasteiger partial charge in [0.25, 0.3) is 0 Å². The number of benzene rings is 1. The average Bonchev–Trinajstić information content (AvgIpc) is 2.17. The lowest BCUT2D eigenvalue weighted by molar-refractivity contribution is -0.302. The lowest BCUT2D eigenvalue weighted by atomic mass is 10.1. The summed E-state index contributed by atoms with van der Waals surface area (Å²) in [5.74, 6) is -1.08. The number of aliphatic carboxylic acids is 1. The number of rotatable bonds is 2. The van der Waals surface area contributed by atoms with E-state index in [0.29, 0.717) is 0 Å². The number of carboxylic acid groups (broad SMARTS) is 1. The molecule has 1 N–H and O–H groups in total. The highest BCUT2D eigenvalue weighted by Gasteiger charge is 1.98. The molecule has 1 aromatic carbocycles. The maximum Gasteiger partial charge on any atom is 0.0969 e. The number of aliphatic hydroxyl groups excluding tert-OH is 1. The smallest absolute Gasteiger partial charge is 0.0969 e. The fourth-order valence-corrected chi connectivity index (χ4v) is 0.786.